The SMILES string of the molecule is CNCCCCC(NC)C(=O)NCc1sc(S(=O)(=O)O)cc1S(=O)(=O)O. The van der Waals surface area contributed by atoms with E-state index in [2.05, 4.69) is 16.0 Å². The van der Waals surface area contributed by atoms with Crippen LogP contribution in [0.3, 0.4) is 0 Å². The van der Waals surface area contributed by atoms with Crippen LogP contribution in [0.5, 0.6) is 0 Å². The number of amides is 1. The van der Waals surface area contributed by atoms with Crippen molar-refractivity contribution in [2.45, 2.75) is 41.0 Å². The van der Waals surface area contributed by atoms with Gasteiger partial charge in [0.05, 0.1) is 12.6 Å². The highest BCUT2D eigenvalue weighted by atomic mass is 32.3. The molecule has 0 aliphatic carbocycles. The Labute approximate surface area is 156 Å². The molecule has 1 unspecified atom stereocenters. The van der Waals surface area contributed by atoms with Crippen molar-refractivity contribution >= 4 is 37.5 Å². The van der Waals surface area contributed by atoms with Gasteiger partial charge in [0.2, 0.25) is 5.91 Å². The smallest absolute Gasteiger partial charge is 0.304 e. The molecule has 13 heteroatoms. The molecule has 0 saturated carbocycles. The second-order valence-electron chi connectivity index (χ2n) is 5.46. The van der Waals surface area contributed by atoms with Gasteiger partial charge >= 0.3 is 10.1 Å². The van der Waals surface area contributed by atoms with Gasteiger partial charge in [-0.25, -0.2) is 0 Å². The van der Waals surface area contributed by atoms with Gasteiger partial charge in [0.15, 0.2) is 0 Å². The van der Waals surface area contributed by atoms with E-state index in [0.717, 1.165) is 19.4 Å². The monoisotopic (exact) mass is 429 g/mol. The van der Waals surface area contributed by atoms with Gasteiger partial charge in [0.1, 0.15) is 9.10 Å². The molecule has 0 spiro atoms. The average Bonchev–Trinajstić information content (AvgIpc) is 2.97. The fraction of sp³-hybridized carbons (Fsp3) is 0.615. The summed E-state index contributed by atoms with van der Waals surface area (Å²) in [6, 6.07) is 0.159. The molecule has 1 heterocycles. The van der Waals surface area contributed by atoms with E-state index in [-0.39, 0.29) is 17.3 Å². The number of hydrogen-bond donors (Lipinski definition) is 5. The van der Waals surface area contributed by atoms with Gasteiger partial charge in [-0.1, -0.05) is 6.42 Å². The molecule has 5 N–H and O–H groups in total. The molecule has 10 nitrogen and oxygen atoms in total. The van der Waals surface area contributed by atoms with Crippen molar-refractivity contribution < 1.29 is 30.7 Å². The van der Waals surface area contributed by atoms with E-state index < -0.39 is 35.4 Å². The molecule has 0 aromatic carbocycles. The number of thiophene rings is 1. The lowest BCUT2D eigenvalue weighted by Gasteiger charge is -2.16. The Hall–Kier alpha value is -1.09. The van der Waals surface area contributed by atoms with Gasteiger partial charge in [-0.15, -0.1) is 11.3 Å². The molecular formula is C13H23N3O7S3. The van der Waals surface area contributed by atoms with Crippen molar-refractivity contribution in [2.24, 2.45) is 0 Å². The zero-order valence-corrected chi connectivity index (χ0v) is 16.8. The van der Waals surface area contributed by atoms with Crippen molar-refractivity contribution in [3.63, 3.8) is 0 Å². The second kappa shape index (κ2) is 9.73. The first-order valence-electron chi connectivity index (χ1n) is 7.68. The van der Waals surface area contributed by atoms with Gasteiger partial charge in [0.25, 0.3) is 10.1 Å². The molecule has 1 atom stereocenters. The normalized spacial score (nSPS) is 13.5. The van der Waals surface area contributed by atoms with Crippen molar-refractivity contribution in [3.05, 3.63) is 10.9 Å². The fourth-order valence-corrected chi connectivity index (χ4v) is 5.13. The predicted molar refractivity (Wildman–Crippen MR) is 96.4 cm³/mol. The molecule has 1 rings (SSSR count). The molecule has 1 aromatic rings. The van der Waals surface area contributed by atoms with Crippen molar-refractivity contribution in [1.82, 2.24) is 16.0 Å². The first-order chi connectivity index (χ1) is 12.0. The summed E-state index contributed by atoms with van der Waals surface area (Å²) in [5.41, 5.74) is 0. The van der Waals surface area contributed by atoms with Gasteiger partial charge < -0.3 is 16.0 Å². The Balaban J connectivity index is 2.85. The Kier molecular flexibility index (Phi) is 8.59. The van der Waals surface area contributed by atoms with Crippen molar-refractivity contribution in [2.75, 3.05) is 20.6 Å². The fourth-order valence-electron chi connectivity index (χ4n) is 2.20. The average molecular weight is 430 g/mol. The quantitative estimate of drug-likeness (QED) is 0.237. The highest BCUT2D eigenvalue weighted by molar-refractivity contribution is 7.88. The maximum absolute atomic E-state index is 12.2. The van der Waals surface area contributed by atoms with Gasteiger partial charge in [-0.3, -0.25) is 13.9 Å². The Morgan fingerprint density at radius 2 is 1.81 bits per heavy atom. The number of likely N-dealkylation sites (N-methyl/N-ethyl adjacent to an activating group) is 1. The van der Waals surface area contributed by atoms with E-state index in [1.54, 1.807) is 7.05 Å². The molecule has 0 aliphatic heterocycles. The summed E-state index contributed by atoms with van der Waals surface area (Å²) in [6.07, 6.45) is 2.25. The number of carbonyl (C=O) groups excluding carboxylic acids is 1. The van der Waals surface area contributed by atoms with Crippen molar-refractivity contribution in [3.8, 4) is 0 Å². The maximum Gasteiger partial charge on any atom is 0.304 e. The van der Waals surface area contributed by atoms with Crippen LogP contribution in [0.4, 0.5) is 0 Å². The lowest BCUT2D eigenvalue weighted by molar-refractivity contribution is -0.123. The van der Waals surface area contributed by atoms with Crippen molar-refractivity contribution in [1.29, 1.82) is 0 Å². The molecule has 0 aliphatic rings. The largest absolute Gasteiger partial charge is 0.350 e. The molecular weight excluding hydrogens is 406 g/mol. The predicted octanol–water partition coefficient (Wildman–Crippen LogP) is -0.165. The maximum atomic E-state index is 12.2. The number of hydrogen-bond acceptors (Lipinski definition) is 8. The molecule has 0 bridgehead atoms. The number of carbonyl (C=O) groups is 1. The standard InChI is InChI=1S/C13H23N3O7S3/c1-14-6-4-3-5-9(15-2)13(17)16-8-10-11(25(18,19)20)7-12(24-10)26(21,22)23/h7,9,14-15H,3-6,8H2,1-2H3,(H,16,17)(H,18,19,20)(H,21,22,23). The zero-order valence-electron chi connectivity index (χ0n) is 14.4. The first-order valence-corrected chi connectivity index (χ1v) is 11.4. The second-order valence-corrected chi connectivity index (χ2v) is 9.64. The third kappa shape index (κ3) is 6.90. The first kappa shape index (κ1) is 23.0. The van der Waals surface area contributed by atoms with Crippen LogP contribution >= 0.6 is 11.3 Å². The summed E-state index contributed by atoms with van der Waals surface area (Å²) < 4.78 is 62.7. The van der Waals surface area contributed by atoms with Crippen LogP contribution in [0, 0.1) is 0 Å². The summed E-state index contributed by atoms with van der Waals surface area (Å²) in [5.74, 6) is -0.389. The van der Waals surface area contributed by atoms with Crippen LogP contribution in [0.1, 0.15) is 24.1 Å². The Morgan fingerprint density at radius 1 is 1.15 bits per heavy atom. The highest BCUT2D eigenvalue weighted by Gasteiger charge is 2.25. The molecule has 0 saturated heterocycles. The lowest BCUT2D eigenvalue weighted by atomic mass is 10.1. The van der Waals surface area contributed by atoms with Gasteiger partial charge in [-0.2, -0.15) is 16.8 Å². The van der Waals surface area contributed by atoms with E-state index in [4.69, 9.17) is 4.55 Å². The summed E-state index contributed by atoms with van der Waals surface area (Å²) >= 11 is 0.459. The van der Waals surface area contributed by atoms with E-state index in [9.17, 15) is 26.2 Å². The van der Waals surface area contributed by atoms with Crippen LogP contribution in [0.2, 0.25) is 0 Å². The summed E-state index contributed by atoms with van der Waals surface area (Å²) in [5, 5.41) is 8.37. The zero-order chi connectivity index (χ0) is 20.0. The van der Waals surface area contributed by atoms with E-state index in [1.165, 1.54) is 0 Å². The minimum Gasteiger partial charge on any atom is -0.350 e. The highest BCUT2D eigenvalue weighted by Crippen LogP contribution is 2.29. The third-order valence-electron chi connectivity index (χ3n) is 3.54. The Bertz CT molecular complexity index is 818. The molecule has 1 amide bonds. The Morgan fingerprint density at radius 3 is 2.31 bits per heavy atom. The van der Waals surface area contributed by atoms with Crippen LogP contribution in [0.25, 0.3) is 0 Å². The van der Waals surface area contributed by atoms with E-state index in [1.807, 2.05) is 7.05 Å². The molecule has 0 radical (unpaired) electrons. The molecule has 1 aromatic heterocycles. The van der Waals surface area contributed by atoms with Gasteiger partial charge in [-0.05, 0) is 39.5 Å². The molecule has 26 heavy (non-hydrogen) atoms. The number of unbranched alkanes of at least 4 members (excludes halogenated alkanes) is 1. The molecule has 150 valence electrons. The van der Waals surface area contributed by atoms with E-state index in [0.29, 0.717) is 23.8 Å². The molecule has 0 fully saturated rings. The lowest BCUT2D eigenvalue weighted by Crippen LogP contribution is -2.42. The van der Waals surface area contributed by atoms with E-state index >= 15 is 0 Å². The topological polar surface area (TPSA) is 162 Å². The minimum absolute atomic E-state index is 0.0986. The summed E-state index contributed by atoms with van der Waals surface area (Å²) in [6.45, 7) is 0.520. The van der Waals surface area contributed by atoms with Gasteiger partial charge in [0, 0.05) is 4.88 Å². The summed E-state index contributed by atoms with van der Waals surface area (Å²) in [4.78, 5) is 11.5. The van der Waals surface area contributed by atoms with Crippen LogP contribution in [0.15, 0.2) is 15.2 Å². The van der Waals surface area contributed by atoms with Crippen LogP contribution in [-0.2, 0) is 31.6 Å². The van der Waals surface area contributed by atoms with Crippen LogP contribution in [-0.4, -0.2) is 58.5 Å². The minimum atomic E-state index is -4.71. The number of nitrogens with one attached hydrogen (secondary N) is 3. The number of rotatable bonds is 11. The third-order valence-corrected chi connectivity index (χ3v) is 7.02. The van der Waals surface area contributed by atoms with Crippen LogP contribution < -0.4 is 16.0 Å². The summed E-state index contributed by atoms with van der Waals surface area (Å²) in [7, 11) is -5.89.